The summed E-state index contributed by atoms with van der Waals surface area (Å²) in [4.78, 5) is 12.3. The maximum atomic E-state index is 12.3. The molecule has 5 heteroatoms. The number of aromatic hydroxyl groups is 1. The normalized spacial score (nSPS) is 11.5. The van der Waals surface area contributed by atoms with Crippen molar-refractivity contribution in [1.82, 2.24) is 9.78 Å². The fraction of sp³-hybridized carbons (Fsp3) is 0.375. The number of anilines is 1. The third-order valence-corrected chi connectivity index (χ3v) is 3.35. The molecule has 0 bridgehead atoms. The van der Waals surface area contributed by atoms with E-state index in [9.17, 15) is 9.90 Å². The number of carbonyl (C=O) groups excluding carboxylic acids is 1. The topological polar surface area (TPSA) is 67.2 Å². The molecule has 0 spiro atoms. The molecule has 0 aliphatic rings. The number of amides is 1. The van der Waals surface area contributed by atoms with Crippen LogP contribution in [0.15, 0.2) is 24.3 Å². The Labute approximate surface area is 124 Å². The van der Waals surface area contributed by atoms with Crippen LogP contribution in [0.5, 0.6) is 5.75 Å². The predicted octanol–water partition coefficient (Wildman–Crippen LogP) is 2.98. The zero-order valence-electron chi connectivity index (χ0n) is 13.1. The summed E-state index contributed by atoms with van der Waals surface area (Å²) in [7, 11) is 1.72. The Hall–Kier alpha value is -2.30. The monoisotopic (exact) mass is 287 g/mol. The average molecular weight is 287 g/mol. The molecule has 1 amide bonds. The second-order valence-corrected chi connectivity index (χ2v) is 6.23. The van der Waals surface area contributed by atoms with Gasteiger partial charge in [0.25, 0.3) is 5.91 Å². The molecule has 1 heterocycles. The molecule has 0 radical (unpaired) electrons. The molecule has 112 valence electrons. The van der Waals surface area contributed by atoms with Gasteiger partial charge in [-0.1, -0.05) is 26.8 Å². The van der Waals surface area contributed by atoms with E-state index in [2.05, 4.69) is 31.2 Å². The number of hydrogen-bond acceptors (Lipinski definition) is 3. The minimum absolute atomic E-state index is 0.0511. The molecule has 1 aromatic carbocycles. The van der Waals surface area contributed by atoms with Gasteiger partial charge in [-0.15, -0.1) is 0 Å². The van der Waals surface area contributed by atoms with E-state index >= 15 is 0 Å². The summed E-state index contributed by atoms with van der Waals surface area (Å²) in [6.07, 6.45) is 0. The lowest BCUT2D eigenvalue weighted by Crippen LogP contribution is -2.17. The van der Waals surface area contributed by atoms with Crippen LogP contribution in [0.1, 0.15) is 42.5 Å². The summed E-state index contributed by atoms with van der Waals surface area (Å²) in [5, 5.41) is 16.8. The summed E-state index contributed by atoms with van der Waals surface area (Å²) < 4.78 is 1.52. The van der Waals surface area contributed by atoms with E-state index in [1.807, 2.05) is 13.0 Å². The highest BCUT2D eigenvalue weighted by atomic mass is 16.3. The number of nitrogens with one attached hydrogen (secondary N) is 1. The van der Waals surface area contributed by atoms with Crippen LogP contribution >= 0.6 is 0 Å². The fourth-order valence-electron chi connectivity index (χ4n) is 2.11. The quantitative estimate of drug-likeness (QED) is 0.834. The summed E-state index contributed by atoms with van der Waals surface area (Å²) in [6, 6.07) is 6.97. The molecule has 0 fully saturated rings. The van der Waals surface area contributed by atoms with E-state index < -0.39 is 0 Å². The van der Waals surface area contributed by atoms with Crippen LogP contribution in [-0.2, 0) is 12.5 Å². The number of phenols is 1. The Balaban J connectivity index is 2.31. The maximum Gasteiger partial charge on any atom is 0.274 e. The second kappa shape index (κ2) is 5.24. The molecule has 5 nitrogen and oxygen atoms in total. The van der Waals surface area contributed by atoms with Gasteiger partial charge in [-0.05, 0) is 36.1 Å². The van der Waals surface area contributed by atoms with Gasteiger partial charge in [-0.25, -0.2) is 0 Å². The third-order valence-electron chi connectivity index (χ3n) is 3.35. The van der Waals surface area contributed by atoms with E-state index in [1.165, 1.54) is 4.68 Å². The van der Waals surface area contributed by atoms with Crippen LogP contribution < -0.4 is 5.32 Å². The smallest absolute Gasteiger partial charge is 0.274 e. The van der Waals surface area contributed by atoms with Crippen molar-refractivity contribution in [2.45, 2.75) is 33.1 Å². The standard InChI is InChI=1S/C16H21N3O2/c1-10-8-13(19(5)18-10)15(21)17-12-9-11(16(2,3)4)6-7-14(12)20/h6-9,20H,1-5H3,(H,17,21). The molecular formula is C16H21N3O2. The number of hydrogen-bond donors (Lipinski definition) is 2. The van der Waals surface area contributed by atoms with E-state index in [1.54, 1.807) is 25.2 Å². The second-order valence-electron chi connectivity index (χ2n) is 6.23. The molecule has 2 aromatic rings. The van der Waals surface area contributed by atoms with Crippen molar-refractivity contribution >= 4 is 11.6 Å². The average Bonchev–Trinajstić information content (AvgIpc) is 2.70. The number of phenolic OH excluding ortho intramolecular Hbond substituents is 1. The van der Waals surface area contributed by atoms with Gasteiger partial charge in [0.2, 0.25) is 0 Å². The van der Waals surface area contributed by atoms with Gasteiger partial charge < -0.3 is 10.4 Å². The van der Waals surface area contributed by atoms with Crippen LogP contribution in [0, 0.1) is 6.92 Å². The number of benzene rings is 1. The molecular weight excluding hydrogens is 266 g/mol. The Morgan fingerprint density at radius 1 is 1.29 bits per heavy atom. The lowest BCUT2D eigenvalue weighted by molar-refractivity contribution is 0.101. The van der Waals surface area contributed by atoms with Crippen LogP contribution in [0.25, 0.3) is 0 Å². The molecule has 0 unspecified atom stereocenters. The van der Waals surface area contributed by atoms with E-state index in [-0.39, 0.29) is 17.1 Å². The molecule has 0 saturated heterocycles. The van der Waals surface area contributed by atoms with Crippen LogP contribution in [0.4, 0.5) is 5.69 Å². The number of rotatable bonds is 2. The Bertz CT molecular complexity index is 681. The van der Waals surface area contributed by atoms with Crippen molar-refractivity contribution in [2.75, 3.05) is 5.32 Å². The maximum absolute atomic E-state index is 12.3. The Morgan fingerprint density at radius 3 is 2.48 bits per heavy atom. The van der Waals surface area contributed by atoms with Crippen molar-refractivity contribution in [2.24, 2.45) is 7.05 Å². The SMILES string of the molecule is Cc1cc(C(=O)Nc2cc(C(C)(C)C)ccc2O)n(C)n1. The molecule has 0 saturated carbocycles. The zero-order chi connectivity index (χ0) is 15.8. The van der Waals surface area contributed by atoms with Gasteiger partial charge in [0.15, 0.2) is 0 Å². The molecule has 0 aliphatic carbocycles. The Morgan fingerprint density at radius 2 is 1.95 bits per heavy atom. The van der Waals surface area contributed by atoms with Gasteiger partial charge >= 0.3 is 0 Å². The molecule has 0 aliphatic heterocycles. The first-order chi connectivity index (χ1) is 9.68. The first kappa shape index (κ1) is 15.1. The summed E-state index contributed by atoms with van der Waals surface area (Å²) in [5.41, 5.74) is 2.61. The van der Waals surface area contributed by atoms with Crippen molar-refractivity contribution in [3.05, 3.63) is 41.2 Å². The number of carbonyl (C=O) groups is 1. The number of aryl methyl sites for hydroxylation is 2. The first-order valence-electron chi connectivity index (χ1n) is 6.84. The van der Waals surface area contributed by atoms with Crippen molar-refractivity contribution in [1.29, 1.82) is 0 Å². The Kier molecular flexibility index (Phi) is 3.77. The van der Waals surface area contributed by atoms with Crippen LogP contribution in [0.3, 0.4) is 0 Å². The van der Waals surface area contributed by atoms with Crippen LogP contribution in [0.2, 0.25) is 0 Å². The van der Waals surface area contributed by atoms with E-state index in [4.69, 9.17) is 0 Å². The molecule has 21 heavy (non-hydrogen) atoms. The van der Waals surface area contributed by atoms with E-state index in [0.717, 1.165) is 11.3 Å². The highest BCUT2D eigenvalue weighted by Crippen LogP contribution is 2.30. The summed E-state index contributed by atoms with van der Waals surface area (Å²) >= 11 is 0. The summed E-state index contributed by atoms with van der Waals surface area (Å²) in [6.45, 7) is 8.06. The van der Waals surface area contributed by atoms with E-state index in [0.29, 0.717) is 11.4 Å². The fourth-order valence-corrected chi connectivity index (χ4v) is 2.11. The van der Waals surface area contributed by atoms with Crippen molar-refractivity contribution in [3.8, 4) is 5.75 Å². The van der Waals surface area contributed by atoms with Gasteiger partial charge in [-0.2, -0.15) is 5.10 Å². The largest absolute Gasteiger partial charge is 0.506 e. The van der Waals surface area contributed by atoms with Gasteiger partial charge in [-0.3, -0.25) is 9.48 Å². The van der Waals surface area contributed by atoms with Crippen molar-refractivity contribution < 1.29 is 9.90 Å². The molecule has 2 N–H and O–H groups in total. The van der Waals surface area contributed by atoms with Crippen LogP contribution in [-0.4, -0.2) is 20.8 Å². The lowest BCUT2D eigenvalue weighted by Gasteiger charge is -2.20. The highest BCUT2D eigenvalue weighted by Gasteiger charge is 2.18. The minimum atomic E-state index is -0.292. The highest BCUT2D eigenvalue weighted by molar-refractivity contribution is 6.04. The third kappa shape index (κ3) is 3.24. The lowest BCUT2D eigenvalue weighted by atomic mass is 9.87. The summed E-state index contributed by atoms with van der Waals surface area (Å²) in [5.74, 6) is -0.241. The molecule has 2 rings (SSSR count). The van der Waals surface area contributed by atoms with Gasteiger partial charge in [0, 0.05) is 7.05 Å². The predicted molar refractivity (Wildman–Crippen MR) is 82.7 cm³/mol. The zero-order valence-corrected chi connectivity index (χ0v) is 13.1. The molecule has 1 aromatic heterocycles. The number of nitrogens with zero attached hydrogens (tertiary/aromatic N) is 2. The number of aromatic nitrogens is 2. The van der Waals surface area contributed by atoms with Crippen molar-refractivity contribution in [3.63, 3.8) is 0 Å². The molecule has 0 atom stereocenters. The minimum Gasteiger partial charge on any atom is -0.506 e. The first-order valence-corrected chi connectivity index (χ1v) is 6.84. The van der Waals surface area contributed by atoms with Gasteiger partial charge in [0.1, 0.15) is 11.4 Å². The van der Waals surface area contributed by atoms with Gasteiger partial charge in [0.05, 0.1) is 11.4 Å².